The Balaban J connectivity index is 2.35. The van der Waals surface area contributed by atoms with Crippen LogP contribution in [0.1, 0.15) is 44.5 Å². The molecule has 3 atom stereocenters. The van der Waals surface area contributed by atoms with Gasteiger partial charge in [-0.1, -0.05) is 19.9 Å². The van der Waals surface area contributed by atoms with E-state index in [-0.39, 0.29) is 0 Å². The van der Waals surface area contributed by atoms with Crippen LogP contribution in [0.4, 0.5) is 0 Å². The molecule has 1 aliphatic carbocycles. The van der Waals surface area contributed by atoms with Gasteiger partial charge in [-0.3, -0.25) is 0 Å². The maximum Gasteiger partial charge on any atom is 0.0951 e. The number of hydrogen-bond acceptors (Lipinski definition) is 1. The van der Waals surface area contributed by atoms with Crippen molar-refractivity contribution in [2.24, 2.45) is 18.9 Å². The number of allylic oxidation sites excluding steroid dienone is 1. The molecule has 1 heterocycles. The van der Waals surface area contributed by atoms with E-state index < -0.39 is 0 Å². The number of imidazole rings is 1. The van der Waals surface area contributed by atoms with Gasteiger partial charge in [-0.2, -0.15) is 0 Å². The molecule has 2 heteroatoms. The zero-order valence-electron chi connectivity index (χ0n) is 10.1. The quantitative estimate of drug-likeness (QED) is 0.723. The van der Waals surface area contributed by atoms with Gasteiger partial charge in [0.25, 0.3) is 0 Å². The summed E-state index contributed by atoms with van der Waals surface area (Å²) in [5, 5.41) is 0. The molecule has 0 aliphatic heterocycles. The van der Waals surface area contributed by atoms with Gasteiger partial charge in [0.05, 0.1) is 17.7 Å². The summed E-state index contributed by atoms with van der Waals surface area (Å²) in [4.78, 5) is 4.57. The average Bonchev–Trinajstić information content (AvgIpc) is 2.50. The molecule has 1 saturated carbocycles. The number of aryl methyl sites for hydroxylation is 1. The second kappa shape index (κ2) is 3.84. The molecule has 0 saturated heterocycles. The summed E-state index contributed by atoms with van der Waals surface area (Å²) in [5.41, 5.74) is 2.57. The largest absolute Gasteiger partial charge is 0.334 e. The molecule has 2 nitrogen and oxygen atoms in total. The van der Waals surface area contributed by atoms with Gasteiger partial charge < -0.3 is 4.57 Å². The molecule has 2 rings (SSSR count). The Morgan fingerprint density at radius 2 is 2.07 bits per heavy atom. The number of rotatable bonds is 2. The zero-order valence-corrected chi connectivity index (χ0v) is 10.1. The third-order valence-electron chi connectivity index (χ3n) is 3.62. The topological polar surface area (TPSA) is 17.8 Å². The lowest BCUT2D eigenvalue weighted by atomic mass is 9.65. The van der Waals surface area contributed by atoms with Gasteiger partial charge >= 0.3 is 0 Å². The van der Waals surface area contributed by atoms with Crippen molar-refractivity contribution in [1.82, 2.24) is 9.55 Å². The lowest BCUT2D eigenvalue weighted by Crippen LogP contribution is -2.31. The molecule has 1 aromatic rings. The second-order valence-corrected chi connectivity index (χ2v) is 4.84. The Morgan fingerprint density at radius 3 is 2.60 bits per heavy atom. The Bertz CT molecular complexity index is 368. The summed E-state index contributed by atoms with van der Waals surface area (Å²) >= 11 is 0. The van der Waals surface area contributed by atoms with Crippen molar-refractivity contribution >= 4 is 6.08 Å². The first kappa shape index (κ1) is 10.5. The highest BCUT2D eigenvalue weighted by Gasteiger charge is 2.38. The van der Waals surface area contributed by atoms with E-state index in [2.05, 4.69) is 49.5 Å². The van der Waals surface area contributed by atoms with Crippen LogP contribution >= 0.6 is 0 Å². The number of hydrogen-bond donors (Lipinski definition) is 0. The van der Waals surface area contributed by atoms with E-state index in [4.69, 9.17) is 0 Å². The van der Waals surface area contributed by atoms with E-state index in [1.165, 1.54) is 17.8 Å². The molecule has 0 amide bonds. The van der Waals surface area contributed by atoms with Crippen molar-refractivity contribution in [2.75, 3.05) is 0 Å². The Hall–Kier alpha value is -1.05. The van der Waals surface area contributed by atoms with Gasteiger partial charge in [-0.05, 0) is 31.3 Å². The van der Waals surface area contributed by atoms with E-state index in [1.807, 2.05) is 6.33 Å². The first-order valence-corrected chi connectivity index (χ1v) is 5.79. The van der Waals surface area contributed by atoms with Gasteiger partial charge in [0.2, 0.25) is 0 Å². The van der Waals surface area contributed by atoms with Crippen LogP contribution in [0.3, 0.4) is 0 Å². The van der Waals surface area contributed by atoms with Crippen LogP contribution < -0.4 is 0 Å². The summed E-state index contributed by atoms with van der Waals surface area (Å²) in [6.45, 7) is 6.72. The van der Waals surface area contributed by atoms with Crippen LogP contribution in [0.5, 0.6) is 0 Å². The van der Waals surface area contributed by atoms with Gasteiger partial charge in [-0.15, -0.1) is 0 Å². The molecule has 0 radical (unpaired) electrons. The van der Waals surface area contributed by atoms with Crippen LogP contribution in [0.15, 0.2) is 12.4 Å². The third kappa shape index (κ3) is 1.62. The standard InChI is InChI=1S/C13H20N2/c1-5-6-11-13(14-8-15(11)4)12-9(2)7-10(12)3/h5-6,8-10,12H,7H2,1-4H3/b6-5-/t9-,10?,12?/m1/s1. The highest BCUT2D eigenvalue weighted by atomic mass is 15.0. The Morgan fingerprint density at radius 1 is 1.40 bits per heavy atom. The van der Waals surface area contributed by atoms with Crippen molar-refractivity contribution in [2.45, 2.75) is 33.1 Å². The van der Waals surface area contributed by atoms with Gasteiger partial charge in [0.15, 0.2) is 0 Å². The number of aromatic nitrogens is 2. The summed E-state index contributed by atoms with van der Waals surface area (Å²) in [6.07, 6.45) is 7.54. The predicted molar refractivity (Wildman–Crippen MR) is 63.6 cm³/mol. The highest BCUT2D eigenvalue weighted by Crippen LogP contribution is 2.47. The lowest BCUT2D eigenvalue weighted by Gasteiger charge is -2.40. The molecule has 1 aliphatic rings. The summed E-state index contributed by atoms with van der Waals surface area (Å²) in [7, 11) is 2.07. The normalized spacial score (nSPS) is 30.8. The zero-order chi connectivity index (χ0) is 11.0. The lowest BCUT2D eigenvalue weighted by molar-refractivity contribution is 0.172. The third-order valence-corrected chi connectivity index (χ3v) is 3.62. The van der Waals surface area contributed by atoms with Crippen molar-refractivity contribution in [3.8, 4) is 0 Å². The molecule has 0 N–H and O–H groups in total. The summed E-state index contributed by atoms with van der Waals surface area (Å²) in [6, 6.07) is 0. The van der Waals surface area contributed by atoms with E-state index in [9.17, 15) is 0 Å². The van der Waals surface area contributed by atoms with Crippen LogP contribution in [-0.4, -0.2) is 9.55 Å². The van der Waals surface area contributed by atoms with Crippen molar-refractivity contribution < 1.29 is 0 Å². The molecule has 15 heavy (non-hydrogen) atoms. The van der Waals surface area contributed by atoms with Crippen molar-refractivity contribution in [3.63, 3.8) is 0 Å². The molecule has 0 spiro atoms. The molecule has 1 aromatic heterocycles. The fraction of sp³-hybridized carbons (Fsp3) is 0.615. The van der Waals surface area contributed by atoms with E-state index in [0.29, 0.717) is 5.92 Å². The summed E-state index contributed by atoms with van der Waals surface area (Å²) < 4.78 is 2.12. The molecule has 2 unspecified atom stereocenters. The average molecular weight is 204 g/mol. The predicted octanol–water partition coefficient (Wildman–Crippen LogP) is 3.21. The fourth-order valence-corrected chi connectivity index (χ4v) is 2.86. The van der Waals surface area contributed by atoms with Crippen LogP contribution in [-0.2, 0) is 7.05 Å². The van der Waals surface area contributed by atoms with E-state index >= 15 is 0 Å². The molecule has 1 fully saturated rings. The maximum atomic E-state index is 4.57. The number of nitrogens with zero attached hydrogens (tertiary/aromatic N) is 2. The van der Waals surface area contributed by atoms with Crippen LogP contribution in [0.2, 0.25) is 0 Å². The minimum atomic E-state index is 0.664. The first-order chi connectivity index (χ1) is 7.15. The van der Waals surface area contributed by atoms with E-state index in [1.54, 1.807) is 0 Å². The minimum Gasteiger partial charge on any atom is -0.334 e. The smallest absolute Gasteiger partial charge is 0.0951 e. The highest BCUT2D eigenvalue weighted by molar-refractivity contribution is 5.49. The van der Waals surface area contributed by atoms with E-state index in [0.717, 1.165) is 11.8 Å². The minimum absolute atomic E-state index is 0.664. The fourth-order valence-electron chi connectivity index (χ4n) is 2.86. The molecule has 0 aromatic carbocycles. The second-order valence-electron chi connectivity index (χ2n) is 4.84. The first-order valence-electron chi connectivity index (χ1n) is 5.79. The van der Waals surface area contributed by atoms with Gasteiger partial charge in [0, 0.05) is 13.0 Å². The summed E-state index contributed by atoms with van der Waals surface area (Å²) in [5.74, 6) is 2.25. The SMILES string of the molecule is C/C=C\c1c(C2C(C)C[C@H]2C)ncn1C. The molecule has 0 bridgehead atoms. The molecule has 82 valence electrons. The Kier molecular flexibility index (Phi) is 2.68. The van der Waals surface area contributed by atoms with Crippen LogP contribution in [0.25, 0.3) is 6.08 Å². The molecular weight excluding hydrogens is 184 g/mol. The molecular formula is C13H20N2. The van der Waals surface area contributed by atoms with Crippen LogP contribution in [0, 0.1) is 11.8 Å². The van der Waals surface area contributed by atoms with Gasteiger partial charge in [0.1, 0.15) is 0 Å². The Labute approximate surface area is 92.0 Å². The maximum absolute atomic E-state index is 4.57. The monoisotopic (exact) mass is 204 g/mol. The van der Waals surface area contributed by atoms with Crippen molar-refractivity contribution in [1.29, 1.82) is 0 Å². The van der Waals surface area contributed by atoms with Gasteiger partial charge in [-0.25, -0.2) is 4.98 Å². The van der Waals surface area contributed by atoms with Crippen molar-refractivity contribution in [3.05, 3.63) is 23.8 Å².